The summed E-state index contributed by atoms with van der Waals surface area (Å²) in [6, 6.07) is 13.2. The Morgan fingerprint density at radius 1 is 1.07 bits per heavy atom. The summed E-state index contributed by atoms with van der Waals surface area (Å²) >= 11 is 1.41. The maximum Gasteiger partial charge on any atom is 0.229 e. The Morgan fingerprint density at radius 2 is 1.81 bits per heavy atom. The lowest BCUT2D eigenvalue weighted by atomic mass is 10.2. The molecule has 138 valence electrons. The third-order valence-corrected chi connectivity index (χ3v) is 5.18. The van der Waals surface area contributed by atoms with Crippen molar-refractivity contribution in [3.63, 3.8) is 0 Å². The number of halogens is 2. The maximum atomic E-state index is 14.0. The predicted octanol–water partition coefficient (Wildman–Crippen LogP) is 3.62. The van der Waals surface area contributed by atoms with Crippen LogP contribution in [0.25, 0.3) is 0 Å². The number of nitrogens with zero attached hydrogens (tertiary/aromatic N) is 3. The summed E-state index contributed by atoms with van der Waals surface area (Å²) in [6.07, 6.45) is 0.817. The second kappa shape index (κ2) is 7.40. The first-order valence-electron chi connectivity index (χ1n) is 8.47. The highest BCUT2D eigenvalue weighted by atomic mass is 32.1. The largest absolute Gasteiger partial charge is 0.355 e. The van der Waals surface area contributed by atoms with Gasteiger partial charge in [-0.25, -0.2) is 8.78 Å². The van der Waals surface area contributed by atoms with E-state index in [1.807, 2.05) is 30.3 Å². The first kappa shape index (κ1) is 17.5. The van der Waals surface area contributed by atoms with Crippen LogP contribution < -0.4 is 10.2 Å². The van der Waals surface area contributed by atoms with Crippen LogP contribution in [0.2, 0.25) is 0 Å². The number of aromatic nitrogens is 2. The molecule has 1 amide bonds. The molecule has 1 aliphatic rings. The topological polar surface area (TPSA) is 58.1 Å². The number of hydrogen-bond donors (Lipinski definition) is 1. The van der Waals surface area contributed by atoms with Crippen LogP contribution in [0.5, 0.6) is 0 Å². The number of carbonyl (C=O) groups excluding carboxylic acids is 1. The summed E-state index contributed by atoms with van der Waals surface area (Å²) in [7, 11) is 0. The van der Waals surface area contributed by atoms with E-state index in [9.17, 15) is 13.6 Å². The van der Waals surface area contributed by atoms with Crippen molar-refractivity contribution in [2.75, 3.05) is 16.8 Å². The van der Waals surface area contributed by atoms with Gasteiger partial charge in [0.1, 0.15) is 22.3 Å². The highest BCUT2D eigenvalue weighted by molar-refractivity contribution is 7.15. The Bertz CT molecular complexity index is 943. The van der Waals surface area contributed by atoms with Crippen molar-refractivity contribution < 1.29 is 13.6 Å². The zero-order chi connectivity index (χ0) is 18.8. The van der Waals surface area contributed by atoms with Gasteiger partial charge in [-0.15, -0.1) is 10.2 Å². The molecular formula is C19H16F2N4OS. The SMILES string of the molecule is O=C1CC(Nc2nnc(Cc3ccccc3)s2)CN1c1c(F)cccc1F. The van der Waals surface area contributed by atoms with Crippen LogP contribution in [0.1, 0.15) is 17.0 Å². The van der Waals surface area contributed by atoms with E-state index in [0.29, 0.717) is 11.6 Å². The molecule has 0 aliphatic carbocycles. The smallest absolute Gasteiger partial charge is 0.229 e. The molecular weight excluding hydrogens is 370 g/mol. The molecule has 1 fully saturated rings. The summed E-state index contributed by atoms with van der Waals surface area (Å²) in [5, 5.41) is 12.9. The minimum absolute atomic E-state index is 0.140. The Balaban J connectivity index is 1.43. The van der Waals surface area contributed by atoms with Crippen molar-refractivity contribution in [2.45, 2.75) is 18.9 Å². The van der Waals surface area contributed by atoms with Crippen LogP contribution in [0, 0.1) is 11.6 Å². The van der Waals surface area contributed by atoms with Gasteiger partial charge in [-0.3, -0.25) is 4.79 Å². The van der Waals surface area contributed by atoms with Crippen molar-refractivity contribution in [3.8, 4) is 0 Å². The highest BCUT2D eigenvalue weighted by Gasteiger charge is 2.34. The molecule has 0 bridgehead atoms. The fourth-order valence-corrected chi connectivity index (χ4v) is 3.95. The maximum absolute atomic E-state index is 14.0. The number of carbonyl (C=O) groups is 1. The van der Waals surface area contributed by atoms with Crippen LogP contribution in [-0.4, -0.2) is 28.7 Å². The third-order valence-electron chi connectivity index (χ3n) is 4.33. The van der Waals surface area contributed by atoms with Gasteiger partial charge >= 0.3 is 0 Å². The molecule has 1 aromatic heterocycles. The monoisotopic (exact) mass is 386 g/mol. The quantitative estimate of drug-likeness (QED) is 0.728. The van der Waals surface area contributed by atoms with Crippen LogP contribution in [0.3, 0.4) is 0 Å². The lowest BCUT2D eigenvalue weighted by Gasteiger charge is -2.18. The van der Waals surface area contributed by atoms with Crippen molar-refractivity contribution in [2.24, 2.45) is 0 Å². The van der Waals surface area contributed by atoms with E-state index in [-0.39, 0.29) is 30.6 Å². The van der Waals surface area contributed by atoms with E-state index < -0.39 is 11.6 Å². The average molecular weight is 386 g/mol. The van der Waals surface area contributed by atoms with Gasteiger partial charge in [0.2, 0.25) is 11.0 Å². The number of benzene rings is 2. The second-order valence-corrected chi connectivity index (χ2v) is 7.35. The number of nitrogens with one attached hydrogen (secondary N) is 1. The van der Waals surface area contributed by atoms with Gasteiger partial charge in [0.15, 0.2) is 0 Å². The molecule has 8 heteroatoms. The van der Waals surface area contributed by atoms with E-state index in [1.54, 1.807) is 0 Å². The average Bonchev–Trinajstić information content (AvgIpc) is 3.22. The van der Waals surface area contributed by atoms with Gasteiger partial charge in [-0.2, -0.15) is 0 Å². The summed E-state index contributed by atoms with van der Waals surface area (Å²) in [5.41, 5.74) is 0.839. The Morgan fingerprint density at radius 3 is 2.56 bits per heavy atom. The lowest BCUT2D eigenvalue weighted by Crippen LogP contribution is -2.29. The number of amides is 1. The van der Waals surface area contributed by atoms with Gasteiger partial charge in [0, 0.05) is 19.4 Å². The molecule has 1 saturated heterocycles. The minimum atomic E-state index is -0.745. The van der Waals surface area contributed by atoms with Crippen molar-refractivity contribution in [1.82, 2.24) is 10.2 Å². The lowest BCUT2D eigenvalue weighted by molar-refractivity contribution is -0.117. The van der Waals surface area contributed by atoms with Gasteiger partial charge in [-0.05, 0) is 17.7 Å². The molecule has 1 N–H and O–H groups in total. The van der Waals surface area contributed by atoms with E-state index in [4.69, 9.17) is 0 Å². The standard InChI is InChI=1S/C19H16F2N4OS/c20-14-7-4-8-15(21)18(14)25-11-13(10-17(25)26)22-19-24-23-16(27-19)9-12-5-2-1-3-6-12/h1-8,13H,9-11H2,(H,22,24). The molecule has 4 rings (SSSR count). The van der Waals surface area contributed by atoms with E-state index in [1.165, 1.54) is 17.4 Å². The molecule has 3 aromatic rings. The normalized spacial score (nSPS) is 16.7. The molecule has 0 radical (unpaired) electrons. The van der Waals surface area contributed by atoms with Crippen LogP contribution in [-0.2, 0) is 11.2 Å². The fourth-order valence-electron chi connectivity index (χ4n) is 3.10. The van der Waals surface area contributed by atoms with Crippen molar-refractivity contribution in [1.29, 1.82) is 0 Å². The van der Waals surface area contributed by atoms with Crippen molar-refractivity contribution >= 4 is 28.1 Å². The number of hydrogen-bond acceptors (Lipinski definition) is 5. The van der Waals surface area contributed by atoms with Gasteiger partial charge in [0.25, 0.3) is 0 Å². The van der Waals surface area contributed by atoms with Crippen LogP contribution >= 0.6 is 11.3 Å². The number of anilines is 2. The first-order chi connectivity index (χ1) is 13.1. The zero-order valence-electron chi connectivity index (χ0n) is 14.2. The predicted molar refractivity (Wildman–Crippen MR) is 99.9 cm³/mol. The molecule has 1 unspecified atom stereocenters. The molecule has 5 nitrogen and oxygen atoms in total. The molecule has 2 heterocycles. The molecule has 1 atom stereocenters. The Kier molecular flexibility index (Phi) is 4.81. The van der Waals surface area contributed by atoms with Gasteiger partial charge < -0.3 is 10.2 Å². The van der Waals surface area contributed by atoms with E-state index >= 15 is 0 Å². The highest BCUT2D eigenvalue weighted by Crippen LogP contribution is 2.29. The van der Waals surface area contributed by atoms with Crippen LogP contribution in [0.15, 0.2) is 48.5 Å². The first-order valence-corrected chi connectivity index (χ1v) is 9.29. The molecule has 0 saturated carbocycles. The number of rotatable bonds is 5. The third kappa shape index (κ3) is 3.80. The summed E-state index contributed by atoms with van der Waals surface area (Å²) in [5.74, 6) is -1.82. The minimum Gasteiger partial charge on any atom is -0.355 e. The van der Waals surface area contributed by atoms with E-state index in [2.05, 4.69) is 15.5 Å². The summed E-state index contributed by atoms with van der Waals surface area (Å²) in [4.78, 5) is 13.4. The summed E-state index contributed by atoms with van der Waals surface area (Å²) < 4.78 is 27.9. The second-order valence-electron chi connectivity index (χ2n) is 6.28. The van der Waals surface area contributed by atoms with Gasteiger partial charge in [0.05, 0.1) is 6.04 Å². The van der Waals surface area contributed by atoms with E-state index in [0.717, 1.165) is 27.6 Å². The van der Waals surface area contributed by atoms with Gasteiger partial charge in [-0.1, -0.05) is 47.7 Å². The number of para-hydroxylation sites is 1. The molecule has 1 aliphatic heterocycles. The Labute approximate surface area is 158 Å². The molecule has 27 heavy (non-hydrogen) atoms. The van der Waals surface area contributed by atoms with Crippen LogP contribution in [0.4, 0.5) is 19.6 Å². The summed E-state index contributed by atoms with van der Waals surface area (Å²) in [6.45, 7) is 0.171. The Hall–Kier alpha value is -2.87. The fraction of sp³-hybridized carbons (Fsp3) is 0.211. The molecule has 0 spiro atoms. The van der Waals surface area contributed by atoms with Crippen molar-refractivity contribution in [3.05, 3.63) is 70.7 Å². The zero-order valence-corrected chi connectivity index (χ0v) is 15.0. The molecule has 2 aromatic carbocycles.